The molecule has 2 aliphatic rings. The molecule has 0 N–H and O–H groups in total. The molecule has 6 rings (SSSR count). The SMILES string of the molecule is COc1ccc(-c2cn3c(n2)sc2cc(C(=O)N4CCC5(CC4)OCCO5)ccc23)cc1. The summed E-state index contributed by atoms with van der Waals surface area (Å²) in [6.45, 7) is 2.59. The van der Waals surface area contributed by atoms with Gasteiger partial charge < -0.3 is 19.1 Å². The molecule has 0 radical (unpaired) electrons. The summed E-state index contributed by atoms with van der Waals surface area (Å²) >= 11 is 1.59. The number of benzene rings is 2. The smallest absolute Gasteiger partial charge is 0.253 e. The van der Waals surface area contributed by atoms with E-state index in [-0.39, 0.29) is 5.91 Å². The van der Waals surface area contributed by atoms with Crippen molar-refractivity contribution < 1.29 is 19.0 Å². The maximum Gasteiger partial charge on any atom is 0.253 e. The topological polar surface area (TPSA) is 65.3 Å². The highest BCUT2D eigenvalue weighted by Gasteiger charge is 2.40. The molecule has 0 aliphatic carbocycles. The zero-order valence-electron chi connectivity index (χ0n) is 17.7. The number of rotatable bonds is 3. The summed E-state index contributed by atoms with van der Waals surface area (Å²) in [7, 11) is 1.66. The maximum atomic E-state index is 13.1. The highest BCUT2D eigenvalue weighted by molar-refractivity contribution is 7.23. The first-order chi connectivity index (χ1) is 15.6. The fourth-order valence-electron chi connectivity index (χ4n) is 4.55. The number of fused-ring (bicyclic) bond motifs is 3. The quantitative estimate of drug-likeness (QED) is 0.469. The largest absolute Gasteiger partial charge is 0.497 e. The molecule has 1 spiro atoms. The van der Waals surface area contributed by atoms with Crippen LogP contribution >= 0.6 is 11.3 Å². The molecule has 2 aromatic heterocycles. The van der Waals surface area contributed by atoms with Crippen LogP contribution in [-0.2, 0) is 9.47 Å². The molecule has 0 saturated carbocycles. The lowest BCUT2D eigenvalue weighted by Crippen LogP contribution is -2.47. The third-order valence-corrected chi connectivity index (χ3v) is 7.37. The fourth-order valence-corrected chi connectivity index (χ4v) is 5.60. The van der Waals surface area contributed by atoms with Crippen molar-refractivity contribution in [2.45, 2.75) is 18.6 Å². The third-order valence-electron chi connectivity index (χ3n) is 6.35. The van der Waals surface area contributed by atoms with E-state index in [0.29, 0.717) is 31.9 Å². The van der Waals surface area contributed by atoms with Crippen LogP contribution < -0.4 is 4.74 Å². The molecule has 4 aromatic rings. The molecular weight excluding hydrogens is 426 g/mol. The fraction of sp³-hybridized carbons (Fsp3) is 0.333. The first-order valence-electron chi connectivity index (χ1n) is 10.8. The van der Waals surface area contributed by atoms with Crippen molar-refractivity contribution in [1.29, 1.82) is 0 Å². The summed E-state index contributed by atoms with van der Waals surface area (Å²) in [5.74, 6) is 0.413. The van der Waals surface area contributed by atoms with Crippen molar-refractivity contribution in [3.05, 3.63) is 54.2 Å². The molecule has 164 valence electrons. The first-order valence-corrected chi connectivity index (χ1v) is 11.6. The molecule has 8 heteroatoms. The minimum absolute atomic E-state index is 0.0599. The highest BCUT2D eigenvalue weighted by atomic mass is 32.1. The molecule has 2 saturated heterocycles. The zero-order chi connectivity index (χ0) is 21.7. The van der Waals surface area contributed by atoms with Crippen LogP contribution in [0.1, 0.15) is 23.2 Å². The molecule has 32 heavy (non-hydrogen) atoms. The number of ether oxygens (including phenoxy) is 3. The molecule has 1 amide bonds. The predicted octanol–water partition coefficient (Wildman–Crippen LogP) is 4.20. The van der Waals surface area contributed by atoms with E-state index in [0.717, 1.165) is 45.0 Å². The van der Waals surface area contributed by atoms with Gasteiger partial charge in [-0.3, -0.25) is 9.20 Å². The molecule has 2 fully saturated rings. The lowest BCUT2D eigenvalue weighted by Gasteiger charge is -2.37. The molecule has 0 atom stereocenters. The molecule has 4 heterocycles. The van der Waals surface area contributed by atoms with Gasteiger partial charge in [0.1, 0.15) is 5.75 Å². The van der Waals surface area contributed by atoms with Gasteiger partial charge in [0.2, 0.25) is 0 Å². The number of imidazole rings is 1. The summed E-state index contributed by atoms with van der Waals surface area (Å²) in [4.78, 5) is 20.7. The summed E-state index contributed by atoms with van der Waals surface area (Å²) in [6, 6.07) is 13.8. The Labute approximate surface area is 189 Å². The zero-order valence-corrected chi connectivity index (χ0v) is 18.6. The Bertz CT molecular complexity index is 1290. The van der Waals surface area contributed by atoms with Crippen LogP contribution in [0.2, 0.25) is 0 Å². The number of hydrogen-bond donors (Lipinski definition) is 0. The first kappa shape index (κ1) is 19.7. The average Bonchev–Trinajstić information content (AvgIpc) is 3.54. The van der Waals surface area contributed by atoms with E-state index >= 15 is 0 Å². The van der Waals surface area contributed by atoms with Crippen molar-refractivity contribution in [2.75, 3.05) is 33.4 Å². The van der Waals surface area contributed by atoms with Crippen LogP contribution in [0.5, 0.6) is 5.75 Å². The lowest BCUT2D eigenvalue weighted by molar-refractivity contribution is -0.181. The van der Waals surface area contributed by atoms with Gasteiger partial charge in [-0.1, -0.05) is 11.3 Å². The number of methoxy groups -OCH3 is 1. The summed E-state index contributed by atoms with van der Waals surface area (Å²) in [6.07, 6.45) is 3.49. The maximum absolute atomic E-state index is 13.1. The molecule has 2 aliphatic heterocycles. The number of nitrogens with zero attached hydrogens (tertiary/aromatic N) is 3. The Morgan fingerprint density at radius 3 is 2.56 bits per heavy atom. The van der Waals surface area contributed by atoms with Crippen LogP contribution in [0.25, 0.3) is 26.4 Å². The van der Waals surface area contributed by atoms with Crippen LogP contribution in [-0.4, -0.2) is 59.4 Å². The van der Waals surface area contributed by atoms with Crippen molar-refractivity contribution in [1.82, 2.24) is 14.3 Å². The van der Waals surface area contributed by atoms with E-state index in [1.165, 1.54) is 0 Å². The number of thiazole rings is 1. The van der Waals surface area contributed by atoms with Gasteiger partial charge in [0.15, 0.2) is 10.7 Å². The number of piperidine rings is 1. The van der Waals surface area contributed by atoms with Crippen LogP contribution in [0, 0.1) is 0 Å². The molecular formula is C24H23N3O4S. The minimum Gasteiger partial charge on any atom is -0.497 e. The summed E-state index contributed by atoms with van der Waals surface area (Å²) < 4.78 is 19.9. The Morgan fingerprint density at radius 1 is 1.09 bits per heavy atom. The predicted molar refractivity (Wildman–Crippen MR) is 122 cm³/mol. The Balaban J connectivity index is 1.24. The Morgan fingerprint density at radius 2 is 1.84 bits per heavy atom. The van der Waals surface area contributed by atoms with Crippen molar-refractivity contribution >= 4 is 32.4 Å². The van der Waals surface area contributed by atoms with Crippen molar-refractivity contribution in [3.8, 4) is 17.0 Å². The van der Waals surface area contributed by atoms with Crippen molar-refractivity contribution in [2.24, 2.45) is 0 Å². The second kappa shape index (κ2) is 7.58. The number of hydrogen-bond acceptors (Lipinski definition) is 6. The summed E-state index contributed by atoms with van der Waals surface area (Å²) in [5.41, 5.74) is 3.72. The van der Waals surface area contributed by atoms with Crippen LogP contribution in [0.4, 0.5) is 0 Å². The third kappa shape index (κ3) is 3.26. The van der Waals surface area contributed by atoms with Crippen LogP contribution in [0.15, 0.2) is 48.7 Å². The lowest BCUT2D eigenvalue weighted by atomic mass is 10.0. The van der Waals surface area contributed by atoms with Gasteiger partial charge in [0, 0.05) is 43.3 Å². The van der Waals surface area contributed by atoms with Gasteiger partial charge in [-0.25, -0.2) is 4.98 Å². The number of amides is 1. The van der Waals surface area contributed by atoms with Gasteiger partial charge in [0.05, 0.1) is 36.2 Å². The second-order valence-electron chi connectivity index (χ2n) is 8.19. The normalized spacial score (nSPS) is 18.1. The van der Waals surface area contributed by atoms with Crippen molar-refractivity contribution in [3.63, 3.8) is 0 Å². The Kier molecular flexibility index (Phi) is 4.67. The van der Waals surface area contributed by atoms with Gasteiger partial charge in [0.25, 0.3) is 5.91 Å². The number of likely N-dealkylation sites (tertiary alicyclic amines) is 1. The van der Waals surface area contributed by atoms with Crippen LogP contribution in [0.3, 0.4) is 0 Å². The van der Waals surface area contributed by atoms with E-state index in [9.17, 15) is 4.79 Å². The monoisotopic (exact) mass is 449 g/mol. The molecule has 0 unspecified atom stereocenters. The molecule has 7 nitrogen and oxygen atoms in total. The van der Waals surface area contributed by atoms with Gasteiger partial charge in [-0.2, -0.15) is 0 Å². The van der Waals surface area contributed by atoms with E-state index < -0.39 is 5.79 Å². The van der Waals surface area contributed by atoms with E-state index in [1.54, 1.807) is 18.4 Å². The highest BCUT2D eigenvalue weighted by Crippen LogP contribution is 2.33. The number of carbonyl (C=O) groups is 1. The van der Waals surface area contributed by atoms with Gasteiger partial charge in [-0.15, -0.1) is 0 Å². The number of carbonyl (C=O) groups excluding carboxylic acids is 1. The molecule has 2 aromatic carbocycles. The second-order valence-corrected chi connectivity index (χ2v) is 9.20. The van der Waals surface area contributed by atoms with E-state index in [1.807, 2.05) is 53.6 Å². The minimum atomic E-state index is -0.471. The number of aromatic nitrogens is 2. The van der Waals surface area contributed by atoms with E-state index in [2.05, 4.69) is 4.40 Å². The average molecular weight is 450 g/mol. The van der Waals surface area contributed by atoms with Gasteiger partial charge in [-0.05, 0) is 42.5 Å². The standard InChI is InChI=1S/C24H23N3O4S/c1-29-18-5-2-16(3-6-18)19-15-27-20-7-4-17(14-21(20)32-23(27)25-19)22(28)26-10-8-24(9-11-26)30-12-13-31-24/h2-7,14-15H,8-13H2,1H3. The van der Waals surface area contributed by atoms with Gasteiger partial charge >= 0.3 is 0 Å². The molecule has 0 bridgehead atoms. The Hall–Kier alpha value is -2.94. The summed E-state index contributed by atoms with van der Waals surface area (Å²) in [5, 5.41) is 0. The van der Waals surface area contributed by atoms with E-state index in [4.69, 9.17) is 19.2 Å².